The zero-order chi connectivity index (χ0) is 28.6. The van der Waals surface area contributed by atoms with Crippen molar-refractivity contribution in [2.45, 2.75) is 39.5 Å². The number of nitrogens with one attached hydrogen (secondary N) is 1. The van der Waals surface area contributed by atoms with Gasteiger partial charge in [-0.1, -0.05) is 36.4 Å². The number of ether oxygens (including phenoxy) is 1. The Morgan fingerprint density at radius 3 is 2.45 bits per heavy atom. The van der Waals surface area contributed by atoms with Crippen molar-refractivity contribution in [3.05, 3.63) is 93.4 Å². The Labute approximate surface area is 233 Å². The molecule has 9 nitrogen and oxygen atoms in total. The van der Waals surface area contributed by atoms with Gasteiger partial charge < -0.3 is 15.2 Å². The first-order valence-electron chi connectivity index (χ1n) is 13.2. The predicted molar refractivity (Wildman–Crippen MR) is 154 cm³/mol. The zero-order valence-electron chi connectivity index (χ0n) is 23.3. The quantitative estimate of drug-likeness (QED) is 0.366. The molecule has 1 saturated heterocycles. The minimum atomic E-state index is -0.479. The highest BCUT2D eigenvalue weighted by atomic mass is 16.5. The number of hydrogen-bond acceptors (Lipinski definition) is 7. The van der Waals surface area contributed by atoms with Crippen LogP contribution in [0.2, 0.25) is 0 Å². The Hall–Kier alpha value is -4.34. The average molecular weight is 540 g/mol. The van der Waals surface area contributed by atoms with Gasteiger partial charge in [0.05, 0.1) is 18.9 Å². The molecule has 0 unspecified atom stereocenters. The molecular formula is C31H33N5O4. The maximum Gasteiger partial charge on any atom is 0.279 e. The number of aryl methyl sites for hydroxylation is 1. The lowest BCUT2D eigenvalue weighted by atomic mass is 9.91. The molecule has 2 aromatic heterocycles. The number of hydrogen-bond donors (Lipinski definition) is 2. The van der Waals surface area contributed by atoms with E-state index in [4.69, 9.17) is 9.72 Å². The van der Waals surface area contributed by atoms with Crippen LogP contribution in [0.1, 0.15) is 34.0 Å². The number of anilines is 1. The second kappa shape index (κ2) is 11.0. The summed E-state index contributed by atoms with van der Waals surface area (Å²) in [6.07, 6.45) is 1.14. The molecule has 4 aromatic rings. The van der Waals surface area contributed by atoms with Gasteiger partial charge in [-0.3, -0.25) is 14.5 Å². The van der Waals surface area contributed by atoms with Crippen molar-refractivity contribution in [3.8, 4) is 28.3 Å². The summed E-state index contributed by atoms with van der Waals surface area (Å²) in [7, 11) is 3.13. The predicted octanol–water partition coefficient (Wildman–Crippen LogP) is 3.95. The van der Waals surface area contributed by atoms with E-state index in [0.717, 1.165) is 43.8 Å². The van der Waals surface area contributed by atoms with Crippen LogP contribution in [-0.4, -0.2) is 56.5 Å². The van der Waals surface area contributed by atoms with Gasteiger partial charge in [0.25, 0.3) is 11.5 Å². The summed E-state index contributed by atoms with van der Waals surface area (Å²) in [5, 5.41) is 16.6. The van der Waals surface area contributed by atoms with Gasteiger partial charge in [0, 0.05) is 49.2 Å². The van der Waals surface area contributed by atoms with Crippen LogP contribution in [0.15, 0.2) is 65.6 Å². The van der Waals surface area contributed by atoms with Crippen molar-refractivity contribution in [1.29, 1.82) is 0 Å². The van der Waals surface area contributed by atoms with Crippen LogP contribution in [0.4, 0.5) is 5.69 Å². The fraction of sp³-hybridized carbons (Fsp3) is 0.290. The first-order valence-corrected chi connectivity index (χ1v) is 13.2. The van der Waals surface area contributed by atoms with E-state index >= 15 is 0 Å². The Bertz CT molecular complexity index is 1650. The topological polar surface area (TPSA) is 110 Å². The lowest BCUT2D eigenvalue weighted by Crippen LogP contribution is -2.57. The number of pyridine rings is 1. The lowest BCUT2D eigenvalue weighted by molar-refractivity contribution is -0.0574. The molecule has 2 N–H and O–H groups in total. The first-order chi connectivity index (χ1) is 19.2. The van der Waals surface area contributed by atoms with Gasteiger partial charge in [0.2, 0.25) is 5.88 Å². The number of β-amino-alcohol motifs (C(OH)–C–C–N with tert-alkyl or cyclic N) is 1. The molecule has 2 atom stereocenters. The van der Waals surface area contributed by atoms with Crippen LogP contribution < -0.4 is 15.6 Å². The fourth-order valence-electron chi connectivity index (χ4n) is 5.14. The SMILES string of the molecule is COc1nc(-c2cccc(-c3cccc(NC(=O)c4ccnn(C)c4=O)c3C)c2C)ccc1CN1C[C@@H](O)[C@@H]1C. The molecule has 0 radical (unpaired) electrons. The summed E-state index contributed by atoms with van der Waals surface area (Å²) in [5.74, 6) is 0.0891. The smallest absolute Gasteiger partial charge is 0.279 e. The number of carbonyl (C=O) groups excluding carboxylic acids is 1. The normalized spacial score (nSPS) is 16.9. The molecule has 1 amide bonds. The molecule has 2 aromatic carbocycles. The molecule has 1 aliphatic rings. The van der Waals surface area contributed by atoms with Gasteiger partial charge >= 0.3 is 0 Å². The number of aromatic nitrogens is 3. The standard InChI is InChI=1S/C31H33N5O4/c1-18-22(23-9-7-11-26(19(23)2)33-29(38)25-14-15-32-35(4)31(25)39)8-6-10-24(18)27-13-12-21(30(34-27)40-5)16-36-17-28(37)20(36)3/h6-15,20,28,37H,16-17H2,1-5H3,(H,33,38)/t20-,28+/m0/s1. The number of carbonyl (C=O) groups is 1. The van der Waals surface area contributed by atoms with Crippen LogP contribution in [-0.2, 0) is 13.6 Å². The van der Waals surface area contributed by atoms with E-state index < -0.39 is 11.5 Å². The molecule has 40 heavy (non-hydrogen) atoms. The fourth-order valence-corrected chi connectivity index (χ4v) is 5.14. The molecule has 206 valence electrons. The van der Waals surface area contributed by atoms with E-state index in [-0.39, 0.29) is 17.7 Å². The van der Waals surface area contributed by atoms with Crippen LogP contribution in [0.5, 0.6) is 5.88 Å². The Morgan fingerprint density at radius 1 is 1.05 bits per heavy atom. The summed E-state index contributed by atoms with van der Waals surface area (Å²) in [4.78, 5) is 32.3. The van der Waals surface area contributed by atoms with Gasteiger partial charge in [-0.05, 0) is 61.2 Å². The van der Waals surface area contributed by atoms with E-state index in [9.17, 15) is 14.7 Å². The van der Waals surface area contributed by atoms with E-state index in [1.54, 1.807) is 7.11 Å². The van der Waals surface area contributed by atoms with Gasteiger partial charge in [0.1, 0.15) is 5.56 Å². The maximum absolute atomic E-state index is 12.9. The highest BCUT2D eigenvalue weighted by Crippen LogP contribution is 2.36. The minimum Gasteiger partial charge on any atom is -0.481 e. The molecular weight excluding hydrogens is 506 g/mol. The number of aliphatic hydroxyl groups excluding tert-OH is 1. The Kier molecular flexibility index (Phi) is 7.51. The monoisotopic (exact) mass is 539 g/mol. The second-order valence-corrected chi connectivity index (χ2v) is 10.2. The first kappa shape index (κ1) is 27.2. The summed E-state index contributed by atoms with van der Waals surface area (Å²) in [5.41, 5.74) is 6.85. The number of amides is 1. The summed E-state index contributed by atoms with van der Waals surface area (Å²) >= 11 is 0. The van der Waals surface area contributed by atoms with Crippen molar-refractivity contribution in [2.75, 3.05) is 19.0 Å². The summed E-state index contributed by atoms with van der Waals surface area (Å²) in [6, 6.07) is 17.4. The van der Waals surface area contributed by atoms with Crippen LogP contribution in [0.3, 0.4) is 0 Å². The number of nitrogens with zero attached hydrogens (tertiary/aromatic N) is 4. The highest BCUT2D eigenvalue weighted by molar-refractivity contribution is 6.04. The van der Waals surface area contributed by atoms with Crippen molar-refractivity contribution in [2.24, 2.45) is 7.05 Å². The summed E-state index contributed by atoms with van der Waals surface area (Å²) in [6.45, 7) is 7.33. The Morgan fingerprint density at radius 2 is 1.75 bits per heavy atom. The second-order valence-electron chi connectivity index (χ2n) is 10.2. The third-order valence-corrected chi connectivity index (χ3v) is 7.79. The van der Waals surface area contributed by atoms with E-state index in [1.807, 2.05) is 62.4 Å². The number of rotatable bonds is 7. The van der Waals surface area contributed by atoms with Crippen LogP contribution >= 0.6 is 0 Å². The molecule has 0 saturated carbocycles. The minimum absolute atomic E-state index is 0.0312. The van der Waals surface area contributed by atoms with Crippen molar-refractivity contribution in [3.63, 3.8) is 0 Å². The molecule has 0 bridgehead atoms. The molecule has 3 heterocycles. The number of methoxy groups -OCH3 is 1. The molecule has 9 heteroatoms. The molecule has 1 fully saturated rings. The van der Waals surface area contributed by atoms with Crippen LogP contribution in [0.25, 0.3) is 22.4 Å². The van der Waals surface area contributed by atoms with Gasteiger partial charge in [-0.2, -0.15) is 5.10 Å². The molecule has 1 aliphatic heterocycles. The van der Waals surface area contributed by atoms with E-state index in [0.29, 0.717) is 24.7 Å². The molecule has 5 rings (SSSR count). The van der Waals surface area contributed by atoms with Crippen molar-refractivity contribution in [1.82, 2.24) is 19.7 Å². The third kappa shape index (κ3) is 5.01. The number of benzene rings is 2. The van der Waals surface area contributed by atoms with Gasteiger partial charge in [0.15, 0.2) is 0 Å². The zero-order valence-corrected chi connectivity index (χ0v) is 23.3. The summed E-state index contributed by atoms with van der Waals surface area (Å²) < 4.78 is 6.79. The van der Waals surface area contributed by atoms with Crippen LogP contribution in [0, 0.1) is 13.8 Å². The number of aliphatic hydroxyl groups is 1. The maximum atomic E-state index is 12.9. The highest BCUT2D eigenvalue weighted by Gasteiger charge is 2.34. The van der Waals surface area contributed by atoms with Crippen molar-refractivity contribution < 1.29 is 14.6 Å². The largest absolute Gasteiger partial charge is 0.481 e. The third-order valence-electron chi connectivity index (χ3n) is 7.79. The van der Waals surface area contributed by atoms with E-state index in [1.165, 1.54) is 19.3 Å². The van der Waals surface area contributed by atoms with Gasteiger partial charge in [-0.25, -0.2) is 9.67 Å². The number of likely N-dealkylation sites (tertiary alicyclic amines) is 1. The van der Waals surface area contributed by atoms with E-state index in [2.05, 4.69) is 22.2 Å². The van der Waals surface area contributed by atoms with Gasteiger partial charge in [-0.15, -0.1) is 0 Å². The molecule has 0 aliphatic carbocycles. The lowest BCUT2D eigenvalue weighted by Gasteiger charge is -2.43. The average Bonchev–Trinajstić information content (AvgIpc) is 2.95. The Balaban J connectivity index is 1.45. The van der Waals surface area contributed by atoms with Crippen molar-refractivity contribution >= 4 is 11.6 Å². The molecule has 0 spiro atoms.